The SMILES string of the molecule is Cc1ccc(OC[C@H]2CCCN(C(=O)c3cc(=O)n(C)c(=O)n3C)C2)cc1. The minimum atomic E-state index is -0.498. The van der Waals surface area contributed by atoms with E-state index in [-0.39, 0.29) is 17.5 Å². The molecule has 0 saturated carbocycles. The third-order valence-electron chi connectivity index (χ3n) is 5.06. The van der Waals surface area contributed by atoms with Gasteiger partial charge in [0.15, 0.2) is 0 Å². The topological polar surface area (TPSA) is 73.5 Å². The molecular weight excluding hydrogens is 346 g/mol. The van der Waals surface area contributed by atoms with Gasteiger partial charge in [-0.2, -0.15) is 0 Å². The van der Waals surface area contributed by atoms with E-state index in [1.165, 1.54) is 30.3 Å². The van der Waals surface area contributed by atoms with Crippen LogP contribution in [0.25, 0.3) is 0 Å². The molecule has 1 aliphatic rings. The molecule has 1 atom stereocenters. The Morgan fingerprint density at radius 3 is 2.56 bits per heavy atom. The second kappa shape index (κ2) is 7.82. The molecular formula is C20H25N3O4. The quantitative estimate of drug-likeness (QED) is 0.813. The van der Waals surface area contributed by atoms with Crippen LogP contribution in [-0.2, 0) is 14.1 Å². The Morgan fingerprint density at radius 2 is 1.85 bits per heavy atom. The van der Waals surface area contributed by atoms with E-state index in [2.05, 4.69) is 0 Å². The van der Waals surface area contributed by atoms with Crippen LogP contribution in [-0.4, -0.2) is 39.6 Å². The van der Waals surface area contributed by atoms with Gasteiger partial charge in [0.05, 0.1) is 6.61 Å². The van der Waals surface area contributed by atoms with Gasteiger partial charge in [-0.1, -0.05) is 17.7 Å². The summed E-state index contributed by atoms with van der Waals surface area (Å²) in [6.45, 7) is 3.72. The number of ether oxygens (including phenoxy) is 1. The van der Waals surface area contributed by atoms with Gasteiger partial charge in [0.1, 0.15) is 11.4 Å². The third kappa shape index (κ3) is 4.13. The van der Waals surface area contributed by atoms with Gasteiger partial charge in [-0.3, -0.25) is 18.7 Å². The van der Waals surface area contributed by atoms with Crippen molar-refractivity contribution < 1.29 is 9.53 Å². The maximum atomic E-state index is 12.9. The van der Waals surface area contributed by atoms with Crippen molar-refractivity contribution in [2.75, 3.05) is 19.7 Å². The number of amides is 1. The zero-order valence-electron chi connectivity index (χ0n) is 16.0. The molecule has 1 fully saturated rings. The molecule has 2 heterocycles. The number of aromatic nitrogens is 2. The Bertz CT molecular complexity index is 943. The van der Waals surface area contributed by atoms with Crippen molar-refractivity contribution in [3.8, 4) is 5.75 Å². The fourth-order valence-electron chi connectivity index (χ4n) is 3.33. The maximum absolute atomic E-state index is 12.9. The van der Waals surface area contributed by atoms with E-state index in [9.17, 15) is 14.4 Å². The highest BCUT2D eigenvalue weighted by molar-refractivity contribution is 5.92. The first-order valence-electron chi connectivity index (χ1n) is 9.12. The molecule has 0 radical (unpaired) electrons. The number of benzene rings is 1. The molecule has 0 unspecified atom stereocenters. The van der Waals surface area contributed by atoms with Gasteiger partial charge >= 0.3 is 5.69 Å². The number of carbonyl (C=O) groups excluding carboxylic acids is 1. The Kier molecular flexibility index (Phi) is 5.48. The first-order chi connectivity index (χ1) is 12.9. The Labute approximate surface area is 157 Å². The van der Waals surface area contributed by atoms with Gasteiger partial charge in [0, 0.05) is 39.2 Å². The van der Waals surface area contributed by atoms with E-state index in [4.69, 9.17) is 4.74 Å². The van der Waals surface area contributed by atoms with Crippen LogP contribution in [0.3, 0.4) is 0 Å². The standard InChI is InChI=1S/C20H25N3O4/c1-14-6-8-16(9-7-14)27-13-15-5-4-10-23(12-15)19(25)17-11-18(24)22(3)20(26)21(17)2/h6-9,11,15H,4-5,10,12-13H2,1-3H3/t15-/m0/s1. The van der Waals surface area contributed by atoms with E-state index in [1.807, 2.05) is 31.2 Å². The summed E-state index contributed by atoms with van der Waals surface area (Å²) in [7, 11) is 2.91. The Hall–Kier alpha value is -2.83. The van der Waals surface area contributed by atoms with Gasteiger partial charge < -0.3 is 9.64 Å². The molecule has 144 valence electrons. The van der Waals surface area contributed by atoms with Crippen molar-refractivity contribution >= 4 is 5.91 Å². The van der Waals surface area contributed by atoms with Crippen molar-refractivity contribution in [1.82, 2.24) is 14.0 Å². The first kappa shape index (κ1) is 18.9. The molecule has 7 heteroatoms. The van der Waals surface area contributed by atoms with Gasteiger partial charge in [-0.15, -0.1) is 0 Å². The molecule has 0 spiro atoms. The predicted octanol–water partition coefficient (Wildman–Crippen LogP) is 1.32. The number of hydrogen-bond acceptors (Lipinski definition) is 4. The average Bonchev–Trinajstić information content (AvgIpc) is 2.68. The highest BCUT2D eigenvalue weighted by Gasteiger charge is 2.27. The number of rotatable bonds is 4. The molecule has 3 rings (SSSR count). The molecule has 1 aromatic heterocycles. The smallest absolute Gasteiger partial charge is 0.331 e. The van der Waals surface area contributed by atoms with Crippen LogP contribution in [0.1, 0.15) is 28.9 Å². The highest BCUT2D eigenvalue weighted by Crippen LogP contribution is 2.20. The monoisotopic (exact) mass is 371 g/mol. The highest BCUT2D eigenvalue weighted by atomic mass is 16.5. The first-order valence-corrected chi connectivity index (χ1v) is 9.12. The number of piperidine rings is 1. The second-order valence-corrected chi connectivity index (χ2v) is 7.15. The zero-order valence-corrected chi connectivity index (χ0v) is 16.0. The number of aryl methyl sites for hydroxylation is 1. The van der Waals surface area contributed by atoms with Crippen molar-refractivity contribution in [2.24, 2.45) is 20.0 Å². The van der Waals surface area contributed by atoms with E-state index < -0.39 is 11.2 Å². The fraction of sp³-hybridized carbons (Fsp3) is 0.450. The lowest BCUT2D eigenvalue weighted by molar-refractivity contribution is 0.0621. The molecule has 27 heavy (non-hydrogen) atoms. The molecule has 0 N–H and O–H groups in total. The number of carbonyl (C=O) groups is 1. The summed E-state index contributed by atoms with van der Waals surface area (Å²) in [6, 6.07) is 9.12. The van der Waals surface area contributed by atoms with Crippen molar-refractivity contribution in [2.45, 2.75) is 19.8 Å². The van der Waals surface area contributed by atoms with Crippen LogP contribution in [0.15, 0.2) is 39.9 Å². The van der Waals surface area contributed by atoms with Crippen LogP contribution in [0.4, 0.5) is 0 Å². The fourth-order valence-corrected chi connectivity index (χ4v) is 3.33. The lowest BCUT2D eigenvalue weighted by Gasteiger charge is -2.33. The summed E-state index contributed by atoms with van der Waals surface area (Å²) in [6.07, 6.45) is 1.84. The van der Waals surface area contributed by atoms with Crippen molar-refractivity contribution in [3.63, 3.8) is 0 Å². The molecule has 1 aromatic carbocycles. The van der Waals surface area contributed by atoms with E-state index in [1.54, 1.807) is 4.90 Å². The van der Waals surface area contributed by atoms with Gasteiger partial charge in [-0.25, -0.2) is 4.79 Å². The summed E-state index contributed by atoms with van der Waals surface area (Å²) < 4.78 is 8.09. The Morgan fingerprint density at radius 1 is 1.15 bits per heavy atom. The van der Waals surface area contributed by atoms with E-state index in [0.29, 0.717) is 19.7 Å². The third-order valence-corrected chi connectivity index (χ3v) is 5.06. The summed E-state index contributed by atoms with van der Waals surface area (Å²) in [5.74, 6) is 0.748. The molecule has 1 aliphatic heterocycles. The van der Waals surface area contributed by atoms with Crippen LogP contribution in [0.2, 0.25) is 0 Å². The van der Waals surface area contributed by atoms with Crippen LogP contribution < -0.4 is 16.0 Å². The number of hydrogen-bond donors (Lipinski definition) is 0. The van der Waals surface area contributed by atoms with Crippen LogP contribution in [0, 0.1) is 12.8 Å². The predicted molar refractivity (Wildman–Crippen MR) is 102 cm³/mol. The van der Waals surface area contributed by atoms with Crippen LogP contribution >= 0.6 is 0 Å². The molecule has 1 amide bonds. The average molecular weight is 371 g/mol. The normalized spacial score (nSPS) is 17.0. The zero-order chi connectivity index (χ0) is 19.6. The summed E-state index contributed by atoms with van der Waals surface area (Å²) in [5, 5.41) is 0. The Balaban J connectivity index is 1.69. The number of likely N-dealkylation sites (tertiary alicyclic amines) is 1. The number of nitrogens with zero attached hydrogens (tertiary/aromatic N) is 3. The minimum Gasteiger partial charge on any atom is -0.493 e. The van der Waals surface area contributed by atoms with Gasteiger partial charge in [0.2, 0.25) is 0 Å². The summed E-state index contributed by atoms with van der Waals surface area (Å²) in [5.41, 5.74) is 0.333. The van der Waals surface area contributed by atoms with Gasteiger partial charge in [0.25, 0.3) is 11.5 Å². The molecule has 0 aliphatic carbocycles. The molecule has 7 nitrogen and oxygen atoms in total. The maximum Gasteiger partial charge on any atom is 0.331 e. The minimum absolute atomic E-state index is 0.128. The molecule has 1 saturated heterocycles. The lowest BCUT2D eigenvalue weighted by atomic mass is 9.98. The van der Waals surface area contributed by atoms with E-state index in [0.717, 1.165) is 23.2 Å². The summed E-state index contributed by atoms with van der Waals surface area (Å²) >= 11 is 0. The van der Waals surface area contributed by atoms with Gasteiger partial charge in [-0.05, 0) is 31.9 Å². The van der Waals surface area contributed by atoms with Crippen molar-refractivity contribution in [3.05, 3.63) is 62.4 Å². The molecule has 0 bridgehead atoms. The second-order valence-electron chi connectivity index (χ2n) is 7.15. The van der Waals surface area contributed by atoms with Crippen molar-refractivity contribution in [1.29, 1.82) is 0 Å². The lowest BCUT2D eigenvalue weighted by Crippen LogP contribution is -2.45. The summed E-state index contributed by atoms with van der Waals surface area (Å²) in [4.78, 5) is 38.6. The largest absolute Gasteiger partial charge is 0.493 e. The van der Waals surface area contributed by atoms with E-state index >= 15 is 0 Å². The molecule has 2 aromatic rings. The van der Waals surface area contributed by atoms with Crippen LogP contribution in [0.5, 0.6) is 5.75 Å².